The number of hydrogen-bond donors (Lipinski definition) is 2. The van der Waals surface area contributed by atoms with Crippen LogP contribution < -0.4 is 5.32 Å². The highest BCUT2D eigenvalue weighted by molar-refractivity contribution is 8.00. The predicted octanol–water partition coefficient (Wildman–Crippen LogP) is 1.44. The van der Waals surface area contributed by atoms with E-state index in [9.17, 15) is 5.11 Å². The summed E-state index contributed by atoms with van der Waals surface area (Å²) in [5.41, 5.74) is 0. The normalized spacial score (nSPS) is 17.6. The van der Waals surface area contributed by atoms with Crippen molar-refractivity contribution < 1.29 is 5.11 Å². The van der Waals surface area contributed by atoms with Gasteiger partial charge in [0.05, 0.1) is 6.61 Å². The van der Waals surface area contributed by atoms with E-state index in [4.69, 9.17) is 0 Å². The summed E-state index contributed by atoms with van der Waals surface area (Å²) in [4.78, 5) is 4.29. The monoisotopic (exact) mass is 259 g/mol. The fourth-order valence-electron chi connectivity index (χ4n) is 1.44. The lowest BCUT2D eigenvalue weighted by Gasteiger charge is -2.14. The van der Waals surface area contributed by atoms with E-state index in [0.29, 0.717) is 6.04 Å². The van der Waals surface area contributed by atoms with Gasteiger partial charge >= 0.3 is 0 Å². The van der Waals surface area contributed by atoms with Gasteiger partial charge in [0.2, 0.25) is 0 Å². The molecular formula is C10H17N3OS2. The average molecular weight is 259 g/mol. The molecule has 1 aromatic rings. The first-order valence-electron chi connectivity index (χ1n) is 5.58. The van der Waals surface area contributed by atoms with Gasteiger partial charge in [0, 0.05) is 17.8 Å². The highest BCUT2D eigenvalue weighted by Gasteiger charge is 2.23. The predicted molar refractivity (Wildman–Crippen MR) is 67.0 cm³/mol. The average Bonchev–Trinajstić information content (AvgIpc) is 3.00. The Hall–Kier alpha value is -0.170. The van der Waals surface area contributed by atoms with Gasteiger partial charge < -0.3 is 10.4 Å². The molecule has 1 saturated carbocycles. The Kier molecular flexibility index (Phi) is 4.57. The molecule has 2 N–H and O–H groups in total. The molecular weight excluding hydrogens is 242 g/mol. The van der Waals surface area contributed by atoms with E-state index in [1.807, 2.05) is 6.92 Å². The van der Waals surface area contributed by atoms with Crippen LogP contribution in [-0.4, -0.2) is 38.9 Å². The summed E-state index contributed by atoms with van der Waals surface area (Å²) in [5.74, 6) is 1.84. The van der Waals surface area contributed by atoms with Crippen molar-refractivity contribution in [1.82, 2.24) is 14.7 Å². The highest BCUT2D eigenvalue weighted by atomic mass is 32.2. The second-order valence-corrected chi connectivity index (χ2v) is 6.16. The van der Waals surface area contributed by atoms with Crippen LogP contribution >= 0.6 is 23.3 Å². The van der Waals surface area contributed by atoms with Crippen LogP contribution in [0.4, 0.5) is 0 Å². The van der Waals surface area contributed by atoms with Crippen LogP contribution in [0, 0.1) is 6.92 Å². The Bertz CT molecular complexity index is 328. The minimum absolute atomic E-state index is 0.228. The van der Waals surface area contributed by atoms with E-state index in [2.05, 4.69) is 14.7 Å². The van der Waals surface area contributed by atoms with Crippen molar-refractivity contribution in [2.45, 2.75) is 42.6 Å². The van der Waals surface area contributed by atoms with E-state index in [1.54, 1.807) is 11.8 Å². The molecule has 1 heterocycles. The molecule has 16 heavy (non-hydrogen) atoms. The molecule has 1 fully saturated rings. The first-order valence-corrected chi connectivity index (χ1v) is 7.34. The fraction of sp³-hybridized carbons (Fsp3) is 0.800. The van der Waals surface area contributed by atoms with Crippen LogP contribution in [0.1, 0.15) is 25.1 Å². The molecule has 1 atom stereocenters. The molecule has 0 radical (unpaired) electrons. The van der Waals surface area contributed by atoms with E-state index in [-0.39, 0.29) is 12.6 Å². The third-order valence-electron chi connectivity index (χ3n) is 2.47. The van der Waals surface area contributed by atoms with Crippen molar-refractivity contribution in [3.63, 3.8) is 0 Å². The van der Waals surface area contributed by atoms with Crippen molar-refractivity contribution in [3.05, 3.63) is 5.82 Å². The van der Waals surface area contributed by atoms with Crippen LogP contribution in [0.25, 0.3) is 0 Å². The summed E-state index contributed by atoms with van der Waals surface area (Å²) in [6, 6.07) is 0.903. The molecule has 0 amide bonds. The van der Waals surface area contributed by atoms with Crippen LogP contribution in [0.2, 0.25) is 0 Å². The number of aryl methyl sites for hydroxylation is 1. The van der Waals surface area contributed by atoms with E-state index >= 15 is 0 Å². The van der Waals surface area contributed by atoms with E-state index < -0.39 is 0 Å². The number of nitrogens with one attached hydrogen (secondary N) is 1. The number of aromatic nitrogens is 2. The van der Waals surface area contributed by atoms with Gasteiger partial charge in [-0.25, -0.2) is 4.98 Å². The first-order chi connectivity index (χ1) is 7.78. The Balaban J connectivity index is 1.65. The molecule has 1 aromatic heterocycles. The number of aliphatic hydroxyl groups excluding tert-OH is 1. The zero-order valence-electron chi connectivity index (χ0n) is 9.35. The molecule has 1 aliphatic rings. The van der Waals surface area contributed by atoms with Crippen molar-refractivity contribution in [2.24, 2.45) is 0 Å². The minimum Gasteiger partial charge on any atom is -0.395 e. The zero-order valence-corrected chi connectivity index (χ0v) is 11.0. The Morgan fingerprint density at radius 2 is 2.44 bits per heavy atom. The Labute approximate surface area is 104 Å². The van der Waals surface area contributed by atoms with Gasteiger partial charge in [0.25, 0.3) is 0 Å². The molecule has 1 aliphatic carbocycles. The maximum atomic E-state index is 9.21. The van der Waals surface area contributed by atoms with Gasteiger partial charge in [-0.3, -0.25) is 0 Å². The van der Waals surface area contributed by atoms with Gasteiger partial charge in [-0.05, 0) is 37.7 Å². The molecule has 6 heteroatoms. The third kappa shape index (κ3) is 4.01. The Morgan fingerprint density at radius 1 is 1.62 bits per heavy atom. The van der Waals surface area contributed by atoms with Crippen molar-refractivity contribution in [3.8, 4) is 0 Å². The molecule has 0 bridgehead atoms. The van der Waals surface area contributed by atoms with Crippen LogP contribution in [0.15, 0.2) is 4.34 Å². The SMILES string of the molecule is Cc1nsc(SCCC(CO)NC2CC2)n1. The number of aliphatic hydroxyl groups is 1. The maximum Gasteiger partial charge on any atom is 0.170 e. The van der Waals surface area contributed by atoms with Crippen molar-refractivity contribution in [1.29, 1.82) is 0 Å². The van der Waals surface area contributed by atoms with E-state index in [0.717, 1.165) is 22.3 Å². The van der Waals surface area contributed by atoms with Gasteiger partial charge in [-0.1, -0.05) is 11.8 Å². The summed E-state index contributed by atoms with van der Waals surface area (Å²) >= 11 is 3.18. The summed E-state index contributed by atoms with van der Waals surface area (Å²) < 4.78 is 5.17. The molecule has 0 aliphatic heterocycles. The van der Waals surface area contributed by atoms with Crippen LogP contribution in [0.5, 0.6) is 0 Å². The maximum absolute atomic E-state index is 9.21. The smallest absolute Gasteiger partial charge is 0.170 e. The standard InChI is InChI=1S/C10H17N3OS2/c1-7-11-10(16-13-7)15-5-4-9(6-14)12-8-2-3-8/h8-9,12,14H,2-6H2,1H3. The van der Waals surface area contributed by atoms with Gasteiger partial charge in [0.1, 0.15) is 5.82 Å². The van der Waals surface area contributed by atoms with Crippen molar-refractivity contribution in [2.75, 3.05) is 12.4 Å². The molecule has 0 saturated heterocycles. The number of nitrogens with zero attached hydrogens (tertiary/aromatic N) is 2. The third-order valence-corrected chi connectivity index (χ3v) is 4.43. The molecule has 0 aromatic carbocycles. The topological polar surface area (TPSA) is 58.0 Å². The second-order valence-electron chi connectivity index (χ2n) is 4.07. The van der Waals surface area contributed by atoms with Gasteiger partial charge in [-0.2, -0.15) is 4.37 Å². The molecule has 0 spiro atoms. The van der Waals surface area contributed by atoms with Crippen molar-refractivity contribution >= 4 is 23.3 Å². The number of thioether (sulfide) groups is 1. The first kappa shape index (κ1) is 12.3. The van der Waals surface area contributed by atoms with Crippen LogP contribution in [0.3, 0.4) is 0 Å². The lowest BCUT2D eigenvalue weighted by molar-refractivity contribution is 0.239. The van der Waals surface area contributed by atoms with Gasteiger partial charge in [-0.15, -0.1) is 0 Å². The van der Waals surface area contributed by atoms with Crippen LogP contribution in [-0.2, 0) is 0 Å². The summed E-state index contributed by atoms with van der Waals surface area (Å²) in [6.07, 6.45) is 3.51. The molecule has 90 valence electrons. The number of hydrogen-bond acceptors (Lipinski definition) is 6. The quantitative estimate of drug-likeness (QED) is 0.726. The fourth-order valence-corrected chi connectivity index (χ4v) is 3.21. The summed E-state index contributed by atoms with van der Waals surface area (Å²) in [7, 11) is 0. The van der Waals surface area contributed by atoms with E-state index in [1.165, 1.54) is 24.4 Å². The summed E-state index contributed by atoms with van der Waals surface area (Å²) in [5, 5.41) is 12.6. The Morgan fingerprint density at radius 3 is 3.00 bits per heavy atom. The lowest BCUT2D eigenvalue weighted by Crippen LogP contribution is -2.34. The molecule has 1 unspecified atom stereocenters. The highest BCUT2D eigenvalue weighted by Crippen LogP contribution is 2.23. The second kappa shape index (κ2) is 5.95. The largest absolute Gasteiger partial charge is 0.395 e. The number of rotatable bonds is 7. The molecule has 2 rings (SSSR count). The molecule has 4 nitrogen and oxygen atoms in total. The minimum atomic E-state index is 0.228. The van der Waals surface area contributed by atoms with Gasteiger partial charge in [0.15, 0.2) is 4.34 Å². The summed E-state index contributed by atoms with van der Waals surface area (Å²) in [6.45, 7) is 2.14. The lowest BCUT2D eigenvalue weighted by atomic mass is 10.2. The zero-order chi connectivity index (χ0) is 11.4.